The quantitative estimate of drug-likeness (QED) is 0.0360. The predicted molar refractivity (Wildman–Crippen MR) is 359 cm³/mol. The van der Waals surface area contributed by atoms with Gasteiger partial charge in [-0.05, 0) is 130 Å². The van der Waals surface area contributed by atoms with Gasteiger partial charge in [0.2, 0.25) is 0 Å². The van der Waals surface area contributed by atoms with Gasteiger partial charge in [-0.15, -0.1) is 0 Å². The van der Waals surface area contributed by atoms with Crippen LogP contribution in [0, 0.1) is 11.8 Å². The van der Waals surface area contributed by atoms with E-state index >= 15 is 0 Å². The molecule has 0 radical (unpaired) electrons. The van der Waals surface area contributed by atoms with Crippen molar-refractivity contribution in [3.05, 3.63) is 274 Å². The van der Waals surface area contributed by atoms with E-state index in [2.05, 4.69) is 137 Å². The molecule has 0 bridgehead atoms. The lowest BCUT2D eigenvalue weighted by atomic mass is 10.00. The molecule has 2 unspecified atom stereocenters. The molecule has 9 aromatic rings. The molecule has 8 heteroatoms. The van der Waals surface area contributed by atoms with Crippen LogP contribution >= 0.6 is 0 Å². The standard InChI is InChI=1S/C80H86O8/c1-5-9-23-61(7-3)53-87-79-49-72(40-34-64-37-43-74(44-38-64)82-60-70-47-77(85-57-67-29-19-13-20-30-67)52-78(48-70)86-58-68-31-21-14-22-32-68)80(88-54-62(8-4)24-10-6-2)50-71(79)39-33-63-35-41-73(42-36-63)81-59-69-45-75(83-55-65-25-15-11-16-26-65)51-76(46-69)84-56-66-27-17-12-18-28-66/h11-22,25-52,61-62H,5-10,23-24,53-60H2,1-4H3/b39-33+,40-34+. The van der Waals surface area contributed by atoms with Crippen LogP contribution in [-0.2, 0) is 39.6 Å². The summed E-state index contributed by atoms with van der Waals surface area (Å²) in [6, 6.07) is 73.4. The SMILES string of the molecule is CCCCC(CC)COc1cc(/C=C/c2ccc(OCc3cc(OCc4ccccc4)cc(OCc4ccccc4)c3)cc2)c(OCC(CC)CCCC)cc1/C=C/c1ccc(OCc2cc(OCc3ccccc3)cc(OCc3ccccc3)c2)cc1. The summed E-state index contributed by atoms with van der Waals surface area (Å²) >= 11 is 0. The van der Waals surface area contributed by atoms with Crippen molar-refractivity contribution in [3.63, 3.8) is 0 Å². The smallest absolute Gasteiger partial charge is 0.127 e. The van der Waals surface area contributed by atoms with Crippen molar-refractivity contribution in [1.29, 1.82) is 0 Å². The molecule has 0 saturated heterocycles. The summed E-state index contributed by atoms with van der Waals surface area (Å²) in [5.74, 6) is 6.96. The van der Waals surface area contributed by atoms with Crippen molar-refractivity contribution in [1.82, 2.24) is 0 Å². The van der Waals surface area contributed by atoms with Gasteiger partial charge in [0.1, 0.15) is 85.6 Å². The highest BCUT2D eigenvalue weighted by Gasteiger charge is 2.16. The first-order valence-corrected chi connectivity index (χ1v) is 31.6. The van der Waals surface area contributed by atoms with Gasteiger partial charge in [-0.2, -0.15) is 0 Å². The van der Waals surface area contributed by atoms with Crippen LogP contribution in [0.2, 0.25) is 0 Å². The molecular weight excluding hydrogens is 1090 g/mol. The molecule has 2 atom stereocenters. The molecule has 0 aromatic heterocycles. The largest absolute Gasteiger partial charge is 0.493 e. The Balaban J connectivity index is 0.913. The molecule has 0 aliphatic carbocycles. The number of hydrogen-bond acceptors (Lipinski definition) is 8. The molecule has 9 rings (SSSR count). The lowest BCUT2D eigenvalue weighted by molar-refractivity contribution is 0.227. The van der Waals surface area contributed by atoms with E-state index in [0.29, 0.717) is 64.7 Å². The number of unbranched alkanes of at least 4 members (excludes halogenated alkanes) is 2. The summed E-state index contributed by atoms with van der Waals surface area (Å²) in [6.45, 7) is 12.8. The van der Waals surface area contributed by atoms with Crippen molar-refractivity contribution in [3.8, 4) is 46.0 Å². The Hall–Kier alpha value is -9.14. The second kappa shape index (κ2) is 34.9. The minimum atomic E-state index is 0.341. The molecule has 88 heavy (non-hydrogen) atoms. The maximum Gasteiger partial charge on any atom is 0.127 e. The molecule has 0 heterocycles. The second-order valence-electron chi connectivity index (χ2n) is 22.5. The minimum absolute atomic E-state index is 0.341. The lowest BCUT2D eigenvalue weighted by Crippen LogP contribution is -2.13. The number of rotatable bonds is 36. The topological polar surface area (TPSA) is 73.8 Å². The number of ether oxygens (including phenoxy) is 8. The summed E-state index contributed by atoms with van der Waals surface area (Å²) in [7, 11) is 0. The zero-order chi connectivity index (χ0) is 60.8. The van der Waals surface area contributed by atoms with Gasteiger partial charge in [-0.25, -0.2) is 0 Å². The lowest BCUT2D eigenvalue weighted by Gasteiger charge is -2.20. The van der Waals surface area contributed by atoms with Gasteiger partial charge in [0.15, 0.2) is 0 Å². The van der Waals surface area contributed by atoms with Crippen LogP contribution in [0.3, 0.4) is 0 Å². The van der Waals surface area contributed by atoms with Gasteiger partial charge in [-0.1, -0.05) is 236 Å². The molecule has 9 aromatic carbocycles. The first-order chi connectivity index (χ1) is 43.4. The number of benzene rings is 9. The number of hydrogen-bond donors (Lipinski definition) is 0. The maximum absolute atomic E-state index is 6.86. The normalized spacial score (nSPS) is 12.0. The second-order valence-corrected chi connectivity index (χ2v) is 22.5. The third-order valence-corrected chi connectivity index (χ3v) is 15.5. The highest BCUT2D eigenvalue weighted by Crippen LogP contribution is 2.35. The first-order valence-electron chi connectivity index (χ1n) is 31.6. The molecule has 0 N–H and O–H groups in total. The van der Waals surface area contributed by atoms with Crippen LogP contribution in [0.25, 0.3) is 24.3 Å². The van der Waals surface area contributed by atoms with Gasteiger partial charge in [0.05, 0.1) is 13.2 Å². The Kier molecular flexibility index (Phi) is 25.1. The van der Waals surface area contributed by atoms with E-state index < -0.39 is 0 Å². The van der Waals surface area contributed by atoms with E-state index in [-0.39, 0.29) is 0 Å². The summed E-state index contributed by atoms with van der Waals surface area (Å²) < 4.78 is 51.6. The van der Waals surface area contributed by atoms with E-state index in [4.69, 9.17) is 37.9 Å². The van der Waals surface area contributed by atoms with Crippen LogP contribution in [-0.4, -0.2) is 13.2 Å². The van der Waals surface area contributed by atoms with Crippen LogP contribution < -0.4 is 37.9 Å². The third-order valence-electron chi connectivity index (χ3n) is 15.5. The molecule has 8 nitrogen and oxygen atoms in total. The van der Waals surface area contributed by atoms with Crippen molar-refractivity contribution in [2.45, 2.75) is 119 Å². The van der Waals surface area contributed by atoms with E-state index in [0.717, 1.165) is 140 Å². The van der Waals surface area contributed by atoms with Crippen LogP contribution in [0.15, 0.2) is 218 Å². The van der Waals surface area contributed by atoms with E-state index in [1.54, 1.807) is 0 Å². The summed E-state index contributed by atoms with van der Waals surface area (Å²) in [6.07, 6.45) is 17.6. The van der Waals surface area contributed by atoms with Crippen molar-refractivity contribution >= 4 is 24.3 Å². The van der Waals surface area contributed by atoms with Gasteiger partial charge < -0.3 is 37.9 Å². The molecular formula is C80H86O8. The molecule has 454 valence electrons. The van der Waals surface area contributed by atoms with Gasteiger partial charge in [0.25, 0.3) is 0 Å². The Morgan fingerprint density at radius 2 is 0.580 bits per heavy atom. The fourth-order valence-electron chi connectivity index (χ4n) is 10.1. The summed E-state index contributed by atoms with van der Waals surface area (Å²) in [4.78, 5) is 0. The molecule has 0 aliphatic rings. The molecule has 0 fully saturated rings. The molecule has 0 amide bonds. The Morgan fingerprint density at radius 1 is 0.284 bits per heavy atom. The molecule has 0 saturated carbocycles. The highest BCUT2D eigenvalue weighted by atomic mass is 16.5. The van der Waals surface area contributed by atoms with Crippen LogP contribution in [0.1, 0.15) is 135 Å². The zero-order valence-electron chi connectivity index (χ0n) is 51.8. The van der Waals surface area contributed by atoms with E-state index in [1.165, 1.54) is 12.8 Å². The molecule has 0 spiro atoms. The summed E-state index contributed by atoms with van der Waals surface area (Å²) in [5, 5.41) is 0. The monoisotopic (exact) mass is 1170 g/mol. The Labute approximate surface area is 523 Å². The third kappa shape index (κ3) is 21.1. The predicted octanol–water partition coefficient (Wildman–Crippen LogP) is 20.7. The Morgan fingerprint density at radius 3 is 0.875 bits per heavy atom. The molecule has 0 aliphatic heterocycles. The van der Waals surface area contributed by atoms with Gasteiger partial charge in [0, 0.05) is 23.3 Å². The van der Waals surface area contributed by atoms with E-state index in [1.807, 2.05) is 133 Å². The fraction of sp³-hybridized carbons (Fsp3) is 0.275. The average Bonchev–Trinajstić information content (AvgIpc) is 3.74. The highest BCUT2D eigenvalue weighted by molar-refractivity contribution is 5.79. The minimum Gasteiger partial charge on any atom is -0.493 e. The van der Waals surface area contributed by atoms with Crippen LogP contribution in [0.4, 0.5) is 0 Å². The van der Waals surface area contributed by atoms with Crippen molar-refractivity contribution in [2.75, 3.05) is 13.2 Å². The van der Waals surface area contributed by atoms with Gasteiger partial charge >= 0.3 is 0 Å². The fourth-order valence-corrected chi connectivity index (χ4v) is 10.1. The van der Waals surface area contributed by atoms with E-state index in [9.17, 15) is 0 Å². The summed E-state index contributed by atoms with van der Waals surface area (Å²) in [5.41, 5.74) is 10.2. The first kappa shape index (κ1) is 63.4. The average molecular weight is 1180 g/mol. The van der Waals surface area contributed by atoms with Crippen LogP contribution in [0.5, 0.6) is 46.0 Å². The van der Waals surface area contributed by atoms with Gasteiger partial charge in [-0.3, -0.25) is 0 Å². The Bertz CT molecular complexity index is 3150. The van der Waals surface area contributed by atoms with Crippen molar-refractivity contribution < 1.29 is 37.9 Å². The maximum atomic E-state index is 6.86. The van der Waals surface area contributed by atoms with Crippen molar-refractivity contribution in [2.24, 2.45) is 11.8 Å². The zero-order valence-corrected chi connectivity index (χ0v) is 51.8.